The maximum atomic E-state index is 13.4. The Morgan fingerprint density at radius 1 is 1.04 bits per heavy atom. The van der Waals surface area contributed by atoms with Crippen LogP contribution in [0.4, 0.5) is 5.95 Å². The van der Waals surface area contributed by atoms with E-state index in [1.165, 1.54) is 18.2 Å². The van der Waals surface area contributed by atoms with Gasteiger partial charge in [-0.05, 0) is 67.9 Å². The average Bonchev–Trinajstić information content (AvgIpc) is 3.44. The molecule has 2 aliphatic rings. The lowest BCUT2D eigenvalue weighted by Crippen LogP contribution is -2.48. The van der Waals surface area contributed by atoms with Gasteiger partial charge in [-0.15, -0.1) is 0 Å². The molecule has 1 atom stereocenters. The van der Waals surface area contributed by atoms with Gasteiger partial charge in [-0.2, -0.15) is 4.98 Å². The molecule has 1 saturated carbocycles. The Kier molecular flexibility index (Phi) is 10.0. The van der Waals surface area contributed by atoms with Gasteiger partial charge in [0.15, 0.2) is 5.79 Å². The lowest BCUT2D eigenvalue weighted by molar-refractivity contribution is -0.179. The maximum Gasteiger partial charge on any atom is 0.335 e. The van der Waals surface area contributed by atoms with Crippen molar-refractivity contribution in [2.45, 2.75) is 89.5 Å². The predicted molar refractivity (Wildman–Crippen MR) is 175 cm³/mol. The van der Waals surface area contributed by atoms with E-state index >= 15 is 0 Å². The molecule has 0 radical (unpaired) electrons. The first-order valence-electron chi connectivity index (χ1n) is 15.7. The minimum absolute atomic E-state index is 0.00183. The van der Waals surface area contributed by atoms with Crippen LogP contribution in [0.25, 0.3) is 11.3 Å². The number of hydrogen-bond donors (Lipinski definition) is 3. The van der Waals surface area contributed by atoms with Crippen molar-refractivity contribution < 1.29 is 32.5 Å². The van der Waals surface area contributed by atoms with Crippen molar-refractivity contribution in [3.63, 3.8) is 0 Å². The van der Waals surface area contributed by atoms with Crippen molar-refractivity contribution in [1.82, 2.24) is 15.3 Å². The van der Waals surface area contributed by atoms with E-state index < -0.39 is 21.8 Å². The van der Waals surface area contributed by atoms with Gasteiger partial charge < -0.3 is 24.6 Å². The molecule has 1 aromatic heterocycles. The zero-order chi connectivity index (χ0) is 33.1. The number of nitrogens with zero attached hydrogens (tertiary/aromatic N) is 2. The third-order valence-electron chi connectivity index (χ3n) is 8.38. The number of carboxylic acids is 1. The molecule has 0 amide bonds. The van der Waals surface area contributed by atoms with Crippen LogP contribution in [0.5, 0.6) is 5.88 Å². The normalized spacial score (nSPS) is 17.6. The van der Waals surface area contributed by atoms with Crippen molar-refractivity contribution in [2.75, 3.05) is 24.5 Å². The molecular formula is C34H44N4O7S. The molecular weight excluding hydrogens is 608 g/mol. The lowest BCUT2D eigenvalue weighted by Gasteiger charge is -2.38. The van der Waals surface area contributed by atoms with E-state index in [0.717, 1.165) is 54.9 Å². The van der Waals surface area contributed by atoms with Crippen LogP contribution in [0.3, 0.4) is 0 Å². The number of anilines is 1. The Balaban J connectivity index is 1.40. The molecule has 3 aromatic rings. The molecule has 2 aromatic carbocycles. The summed E-state index contributed by atoms with van der Waals surface area (Å²) in [5.74, 6) is -1.61. The number of aromatic carboxylic acids is 1. The molecule has 12 heteroatoms. The standard InChI is InChI=1S/C34H44N4O7S/c1-22-8-6-9-23(2)30(22)28-19-29(37-32(36-28)38-46(41,42)27-11-7-10-24(18-27)31(39)40)43-21-26(20-33(3,4)5)35-25-12-14-34(15-13-25)44-16-17-45-34/h6-11,18-19,25-26,35H,12-17,20-21H2,1-5H3,(H,39,40)(H,36,37,38)/t26-/m1/s1. The molecule has 248 valence electrons. The highest BCUT2D eigenvalue weighted by molar-refractivity contribution is 7.92. The Bertz CT molecular complexity index is 1640. The predicted octanol–water partition coefficient (Wildman–Crippen LogP) is 5.72. The second-order valence-electron chi connectivity index (χ2n) is 13.4. The molecule has 1 aliphatic carbocycles. The Labute approximate surface area is 271 Å². The molecule has 11 nitrogen and oxygen atoms in total. The number of ether oxygens (including phenoxy) is 3. The van der Waals surface area contributed by atoms with Crippen LogP contribution in [0.2, 0.25) is 0 Å². The molecule has 3 N–H and O–H groups in total. The largest absolute Gasteiger partial charge is 0.478 e. The summed E-state index contributed by atoms with van der Waals surface area (Å²) in [5.41, 5.74) is 3.16. The van der Waals surface area contributed by atoms with Crippen LogP contribution in [-0.2, 0) is 19.5 Å². The summed E-state index contributed by atoms with van der Waals surface area (Å²) >= 11 is 0. The molecule has 1 saturated heterocycles. The van der Waals surface area contributed by atoms with Crippen molar-refractivity contribution in [3.8, 4) is 17.1 Å². The van der Waals surface area contributed by atoms with Gasteiger partial charge in [-0.25, -0.2) is 22.9 Å². The van der Waals surface area contributed by atoms with Crippen LogP contribution >= 0.6 is 0 Å². The molecule has 1 aliphatic heterocycles. The van der Waals surface area contributed by atoms with Crippen molar-refractivity contribution in [3.05, 3.63) is 65.2 Å². The number of hydrogen-bond acceptors (Lipinski definition) is 9. The molecule has 0 bridgehead atoms. The summed E-state index contributed by atoms with van der Waals surface area (Å²) in [6.45, 7) is 12.1. The molecule has 0 unspecified atom stereocenters. The Morgan fingerprint density at radius 3 is 2.33 bits per heavy atom. The highest BCUT2D eigenvalue weighted by Gasteiger charge is 2.40. The van der Waals surface area contributed by atoms with Crippen LogP contribution in [-0.4, -0.2) is 67.2 Å². The fourth-order valence-corrected chi connectivity index (χ4v) is 7.29. The number of carboxylic acid groups (broad SMARTS) is 1. The first-order valence-corrected chi connectivity index (χ1v) is 17.2. The first kappa shape index (κ1) is 33.8. The van der Waals surface area contributed by atoms with Gasteiger partial charge in [0, 0.05) is 36.6 Å². The summed E-state index contributed by atoms with van der Waals surface area (Å²) < 4.78 is 47.3. The number of sulfonamides is 1. The minimum Gasteiger partial charge on any atom is -0.478 e. The van der Waals surface area contributed by atoms with Gasteiger partial charge >= 0.3 is 5.97 Å². The van der Waals surface area contributed by atoms with Crippen LogP contribution in [0.15, 0.2) is 53.4 Å². The lowest BCUT2D eigenvalue weighted by atomic mass is 9.86. The molecule has 2 fully saturated rings. The van der Waals surface area contributed by atoms with E-state index in [9.17, 15) is 18.3 Å². The third-order valence-corrected chi connectivity index (χ3v) is 9.71. The molecule has 1 spiro atoms. The van der Waals surface area contributed by atoms with E-state index in [4.69, 9.17) is 14.2 Å². The summed E-state index contributed by atoms with van der Waals surface area (Å²) in [5, 5.41) is 13.2. The van der Waals surface area contributed by atoms with Crippen LogP contribution in [0, 0.1) is 19.3 Å². The fourth-order valence-electron chi connectivity index (χ4n) is 6.30. The van der Waals surface area contributed by atoms with Crippen molar-refractivity contribution >= 4 is 21.9 Å². The number of benzene rings is 2. The van der Waals surface area contributed by atoms with Gasteiger partial charge in [0.25, 0.3) is 10.0 Å². The van der Waals surface area contributed by atoms with Crippen molar-refractivity contribution in [2.24, 2.45) is 5.41 Å². The van der Waals surface area contributed by atoms with Crippen LogP contribution < -0.4 is 14.8 Å². The summed E-state index contributed by atoms with van der Waals surface area (Å²) in [4.78, 5) is 20.3. The van der Waals surface area contributed by atoms with E-state index in [1.54, 1.807) is 6.07 Å². The third kappa shape index (κ3) is 8.41. The topological polar surface area (TPSA) is 149 Å². The second-order valence-corrected chi connectivity index (χ2v) is 15.1. The monoisotopic (exact) mass is 652 g/mol. The SMILES string of the molecule is Cc1cccc(C)c1-c1cc(OC[C@@H](CC(C)(C)C)NC2CCC3(CC2)OCCO3)nc(NS(=O)(=O)c2cccc(C(=O)O)c2)n1. The quantitative estimate of drug-likeness (QED) is 0.235. The minimum atomic E-state index is -4.22. The summed E-state index contributed by atoms with van der Waals surface area (Å²) in [7, 11) is -4.22. The zero-order valence-corrected chi connectivity index (χ0v) is 27.9. The molecule has 5 rings (SSSR count). The summed E-state index contributed by atoms with van der Waals surface area (Å²) in [6, 6.07) is 13.0. The molecule has 46 heavy (non-hydrogen) atoms. The van der Waals surface area contributed by atoms with Gasteiger partial charge in [-0.3, -0.25) is 0 Å². The smallest absolute Gasteiger partial charge is 0.335 e. The van der Waals surface area contributed by atoms with Gasteiger partial charge in [0.05, 0.1) is 29.4 Å². The number of aromatic nitrogens is 2. The van der Waals surface area contributed by atoms with Gasteiger partial charge in [0.1, 0.15) is 6.61 Å². The number of rotatable bonds is 11. The maximum absolute atomic E-state index is 13.4. The van der Waals surface area contributed by atoms with E-state index in [0.29, 0.717) is 25.5 Å². The Morgan fingerprint density at radius 2 is 1.70 bits per heavy atom. The highest BCUT2D eigenvalue weighted by Crippen LogP contribution is 2.36. The summed E-state index contributed by atoms with van der Waals surface area (Å²) in [6.07, 6.45) is 4.39. The van der Waals surface area contributed by atoms with Gasteiger partial charge in [-0.1, -0.05) is 45.0 Å². The fraction of sp³-hybridized carbons (Fsp3) is 0.500. The number of nitrogens with one attached hydrogen (secondary N) is 2. The first-order chi connectivity index (χ1) is 21.7. The van der Waals surface area contributed by atoms with Crippen LogP contribution in [0.1, 0.15) is 74.4 Å². The van der Waals surface area contributed by atoms with E-state index in [2.05, 4.69) is 40.8 Å². The zero-order valence-electron chi connectivity index (χ0n) is 27.1. The highest BCUT2D eigenvalue weighted by atomic mass is 32.2. The average molecular weight is 653 g/mol. The molecule has 2 heterocycles. The van der Waals surface area contributed by atoms with Crippen molar-refractivity contribution in [1.29, 1.82) is 0 Å². The van der Waals surface area contributed by atoms with E-state index in [-0.39, 0.29) is 39.8 Å². The van der Waals surface area contributed by atoms with Gasteiger partial charge in [0.2, 0.25) is 11.8 Å². The number of carbonyl (C=O) groups is 1. The number of aryl methyl sites for hydroxylation is 2. The van der Waals surface area contributed by atoms with E-state index in [1.807, 2.05) is 32.0 Å². The second kappa shape index (κ2) is 13.6. The Hall–Kier alpha value is -3.58.